The molecule has 1 aliphatic carbocycles. The molecule has 1 amide bonds. The van der Waals surface area contributed by atoms with Crippen LogP contribution in [0.1, 0.15) is 55.8 Å². The minimum Gasteiger partial charge on any atom is -0.378 e. The molecule has 1 aromatic heterocycles. The van der Waals surface area contributed by atoms with Crippen LogP contribution in [-0.4, -0.2) is 55.4 Å². The summed E-state index contributed by atoms with van der Waals surface area (Å²) in [6.07, 6.45) is 7.06. The van der Waals surface area contributed by atoms with E-state index in [1.54, 1.807) is 14.0 Å². The minimum atomic E-state index is -0.427. The highest BCUT2D eigenvalue weighted by Gasteiger charge is 2.33. The summed E-state index contributed by atoms with van der Waals surface area (Å²) in [7, 11) is 1.78. The Hall–Kier alpha value is -2.22. The van der Waals surface area contributed by atoms with Gasteiger partial charge in [-0.05, 0) is 38.3 Å². The van der Waals surface area contributed by atoms with Crippen molar-refractivity contribution >= 4 is 22.6 Å². The third-order valence-corrected chi connectivity index (χ3v) is 6.52. The number of carbonyl (C=O) groups excluding carboxylic acids is 1. The zero-order chi connectivity index (χ0) is 21.8. The topological polar surface area (TPSA) is 92.5 Å². The first-order valence-corrected chi connectivity index (χ1v) is 11.5. The normalized spacial score (nSPS) is 23.6. The Morgan fingerprint density at radius 3 is 2.74 bits per heavy atom. The number of rotatable bonds is 6. The van der Waals surface area contributed by atoms with Gasteiger partial charge in [-0.3, -0.25) is 4.79 Å². The summed E-state index contributed by atoms with van der Waals surface area (Å²) in [6.45, 7) is 3.29. The zero-order valence-corrected chi connectivity index (χ0v) is 18.6. The van der Waals surface area contributed by atoms with Gasteiger partial charge < -0.3 is 26.0 Å². The fourth-order valence-corrected chi connectivity index (χ4v) is 4.91. The summed E-state index contributed by atoms with van der Waals surface area (Å²) in [5.41, 5.74) is 7.27. The van der Waals surface area contributed by atoms with Crippen LogP contribution in [0.4, 0.5) is 5.82 Å². The van der Waals surface area contributed by atoms with Crippen LogP contribution >= 0.6 is 0 Å². The van der Waals surface area contributed by atoms with Gasteiger partial charge in [0.05, 0.1) is 23.3 Å². The van der Waals surface area contributed by atoms with Gasteiger partial charge in [-0.2, -0.15) is 0 Å². The van der Waals surface area contributed by atoms with Gasteiger partial charge >= 0.3 is 0 Å². The number of piperidine rings is 1. The molecule has 31 heavy (non-hydrogen) atoms. The number of carbonyl (C=O) groups is 1. The lowest BCUT2D eigenvalue weighted by Crippen LogP contribution is -2.56. The second-order valence-electron chi connectivity index (χ2n) is 8.93. The lowest BCUT2D eigenvalue weighted by molar-refractivity contribution is 0.0533. The number of anilines is 1. The Labute approximate surface area is 184 Å². The van der Waals surface area contributed by atoms with Crippen molar-refractivity contribution in [1.29, 1.82) is 0 Å². The molecule has 4 N–H and O–H groups in total. The number of nitrogens with one attached hydrogen (secondary N) is 2. The highest BCUT2D eigenvalue weighted by atomic mass is 16.5. The summed E-state index contributed by atoms with van der Waals surface area (Å²) in [4.78, 5) is 20.0. The number of hydrogen-bond donors (Lipinski definition) is 3. The molecule has 4 rings (SSSR count). The van der Waals surface area contributed by atoms with Crippen molar-refractivity contribution in [3.05, 3.63) is 35.9 Å². The first-order chi connectivity index (χ1) is 15.0. The molecular formula is C24H35N5O2. The summed E-state index contributed by atoms with van der Waals surface area (Å²) >= 11 is 0. The maximum atomic E-state index is 12.9. The van der Waals surface area contributed by atoms with E-state index in [2.05, 4.69) is 15.5 Å². The number of ether oxygens (including phenoxy) is 1. The fourth-order valence-electron chi connectivity index (χ4n) is 4.91. The van der Waals surface area contributed by atoms with Gasteiger partial charge in [-0.15, -0.1) is 0 Å². The SMILES string of the molecule is COC1CN(c2nc3ccccc3cc2C(=O)NC(C)N)CCC1NC1CCCCC1. The molecule has 7 heteroatoms. The molecule has 0 spiro atoms. The van der Waals surface area contributed by atoms with Crippen LogP contribution in [0.15, 0.2) is 30.3 Å². The van der Waals surface area contributed by atoms with Crippen molar-refractivity contribution in [2.45, 2.75) is 69.8 Å². The van der Waals surface area contributed by atoms with Gasteiger partial charge in [0, 0.05) is 37.7 Å². The van der Waals surface area contributed by atoms with Crippen molar-refractivity contribution in [3.8, 4) is 0 Å². The smallest absolute Gasteiger partial charge is 0.256 e. The fraction of sp³-hybridized carbons (Fsp3) is 0.583. The predicted molar refractivity (Wildman–Crippen MR) is 124 cm³/mol. The van der Waals surface area contributed by atoms with Gasteiger partial charge in [0.1, 0.15) is 5.82 Å². The van der Waals surface area contributed by atoms with Crippen LogP contribution in [0.3, 0.4) is 0 Å². The Bertz CT molecular complexity index is 897. The first-order valence-electron chi connectivity index (χ1n) is 11.5. The van der Waals surface area contributed by atoms with Crippen LogP contribution in [0.2, 0.25) is 0 Å². The first kappa shape index (κ1) is 22.0. The van der Waals surface area contributed by atoms with Crippen LogP contribution in [0.25, 0.3) is 10.9 Å². The number of hydrogen-bond acceptors (Lipinski definition) is 6. The van der Waals surface area contributed by atoms with E-state index >= 15 is 0 Å². The van der Waals surface area contributed by atoms with Gasteiger partial charge in [-0.1, -0.05) is 37.5 Å². The number of benzene rings is 1. The third-order valence-electron chi connectivity index (χ3n) is 6.52. The quantitative estimate of drug-likeness (QED) is 0.617. The molecule has 1 aliphatic heterocycles. The largest absolute Gasteiger partial charge is 0.378 e. The second-order valence-corrected chi connectivity index (χ2v) is 8.93. The minimum absolute atomic E-state index is 0.0493. The molecule has 2 aliphatic rings. The molecule has 7 nitrogen and oxygen atoms in total. The second kappa shape index (κ2) is 9.94. The lowest BCUT2D eigenvalue weighted by atomic mass is 9.92. The summed E-state index contributed by atoms with van der Waals surface area (Å²) in [5.74, 6) is 0.509. The lowest BCUT2D eigenvalue weighted by Gasteiger charge is -2.41. The van der Waals surface area contributed by atoms with Gasteiger partial charge in [0.25, 0.3) is 5.91 Å². The van der Waals surface area contributed by atoms with Crippen molar-refractivity contribution < 1.29 is 9.53 Å². The van der Waals surface area contributed by atoms with E-state index < -0.39 is 6.17 Å². The molecule has 3 unspecified atom stereocenters. The summed E-state index contributed by atoms with van der Waals surface area (Å²) in [6, 6.07) is 10.7. The van der Waals surface area contributed by atoms with Crippen molar-refractivity contribution in [2.75, 3.05) is 25.1 Å². The number of amides is 1. The van der Waals surface area contributed by atoms with E-state index in [0.717, 1.165) is 23.9 Å². The van der Waals surface area contributed by atoms with Crippen molar-refractivity contribution in [3.63, 3.8) is 0 Å². The third kappa shape index (κ3) is 5.17. The summed E-state index contributed by atoms with van der Waals surface area (Å²) < 4.78 is 5.90. The Morgan fingerprint density at radius 1 is 1.23 bits per heavy atom. The maximum absolute atomic E-state index is 12.9. The Kier molecular flexibility index (Phi) is 7.05. The van der Waals surface area contributed by atoms with E-state index in [1.807, 2.05) is 30.3 Å². The van der Waals surface area contributed by atoms with E-state index in [0.29, 0.717) is 30.0 Å². The van der Waals surface area contributed by atoms with E-state index in [4.69, 9.17) is 15.5 Å². The molecule has 1 aromatic carbocycles. The molecule has 2 heterocycles. The van der Waals surface area contributed by atoms with E-state index in [-0.39, 0.29) is 12.0 Å². The van der Waals surface area contributed by atoms with Crippen LogP contribution in [-0.2, 0) is 4.74 Å². The molecule has 2 aromatic rings. The van der Waals surface area contributed by atoms with Crippen LogP contribution < -0.4 is 21.3 Å². The molecule has 1 saturated heterocycles. The number of nitrogens with two attached hydrogens (primary N) is 1. The average Bonchev–Trinajstić information content (AvgIpc) is 2.78. The Balaban J connectivity index is 1.57. The zero-order valence-electron chi connectivity index (χ0n) is 18.6. The highest BCUT2D eigenvalue weighted by Crippen LogP contribution is 2.28. The molecule has 0 radical (unpaired) electrons. The number of pyridine rings is 1. The maximum Gasteiger partial charge on any atom is 0.256 e. The molecule has 0 bridgehead atoms. The van der Waals surface area contributed by atoms with E-state index in [1.165, 1.54) is 32.1 Å². The summed E-state index contributed by atoms with van der Waals surface area (Å²) in [5, 5.41) is 7.62. The standard InChI is InChI=1S/C24H35N5O2/c1-16(25)26-24(30)19-14-17-8-6-7-11-20(17)28-23(19)29-13-12-21(22(15-29)31-2)27-18-9-4-3-5-10-18/h6-8,11,14,16,18,21-22,27H,3-5,9-10,12-13,15,25H2,1-2H3,(H,26,30). The van der Waals surface area contributed by atoms with Crippen molar-refractivity contribution in [2.24, 2.45) is 5.73 Å². The highest BCUT2D eigenvalue weighted by molar-refractivity contribution is 6.02. The number of para-hydroxylation sites is 1. The van der Waals surface area contributed by atoms with Crippen LogP contribution in [0.5, 0.6) is 0 Å². The van der Waals surface area contributed by atoms with Crippen LogP contribution in [0, 0.1) is 0 Å². The molecule has 168 valence electrons. The molecule has 1 saturated carbocycles. The van der Waals surface area contributed by atoms with Gasteiger partial charge in [0.15, 0.2) is 0 Å². The van der Waals surface area contributed by atoms with Gasteiger partial charge in [0.2, 0.25) is 0 Å². The average molecular weight is 426 g/mol. The van der Waals surface area contributed by atoms with E-state index in [9.17, 15) is 4.79 Å². The predicted octanol–water partition coefficient (Wildman–Crippen LogP) is 2.79. The molecular weight excluding hydrogens is 390 g/mol. The van der Waals surface area contributed by atoms with Gasteiger partial charge in [-0.25, -0.2) is 4.98 Å². The Morgan fingerprint density at radius 2 is 2.00 bits per heavy atom. The molecule has 3 atom stereocenters. The number of methoxy groups -OCH3 is 1. The number of nitrogens with zero attached hydrogens (tertiary/aromatic N) is 2. The van der Waals surface area contributed by atoms with Crippen molar-refractivity contribution in [1.82, 2.24) is 15.6 Å². The number of fused-ring (bicyclic) bond motifs is 1. The number of aromatic nitrogens is 1. The monoisotopic (exact) mass is 425 g/mol. The molecule has 2 fully saturated rings.